The molecule has 6 nitrogen and oxygen atoms in total. The zero-order chi connectivity index (χ0) is 23.3. The molecule has 0 aromatic heterocycles. The number of ketones is 1. The molecule has 9 heteroatoms. The number of rotatable bonds is 9. The van der Waals surface area contributed by atoms with Gasteiger partial charge in [-0.3, -0.25) is 19.3 Å². The molecule has 0 atom stereocenters. The number of thioether (sulfide) groups is 1. The van der Waals surface area contributed by atoms with Crippen LogP contribution < -0.4 is 9.47 Å². The average molecular weight is 537 g/mol. The Morgan fingerprint density at radius 1 is 1.22 bits per heavy atom. The highest BCUT2D eigenvalue weighted by molar-refractivity contribution is 9.10. The van der Waals surface area contributed by atoms with Crippen molar-refractivity contribution < 1.29 is 23.9 Å². The summed E-state index contributed by atoms with van der Waals surface area (Å²) in [5.74, 6) is 0.136. The van der Waals surface area contributed by atoms with E-state index in [1.807, 2.05) is 6.92 Å². The molecule has 0 N–H and O–H groups in total. The smallest absolute Gasteiger partial charge is 0.293 e. The fraction of sp³-hybridized carbons (Fsp3) is 0.174. The maximum atomic E-state index is 12.8. The number of hydrogen-bond donors (Lipinski definition) is 0. The molecule has 0 unspecified atom stereocenters. The molecule has 3 rings (SSSR count). The van der Waals surface area contributed by atoms with E-state index in [0.29, 0.717) is 45.3 Å². The van der Waals surface area contributed by atoms with Crippen molar-refractivity contribution in [3.8, 4) is 11.5 Å². The predicted octanol–water partition coefficient (Wildman–Crippen LogP) is 5.99. The van der Waals surface area contributed by atoms with Crippen molar-refractivity contribution in [2.45, 2.75) is 6.92 Å². The lowest BCUT2D eigenvalue weighted by Gasteiger charge is -2.14. The van der Waals surface area contributed by atoms with Gasteiger partial charge in [-0.15, -0.1) is 0 Å². The SMILES string of the molecule is C=CCOc1c(Br)cc(/C=C2/SC(=O)N(CC(=O)c3ccc(Cl)cc3)C2=O)cc1OCC. The number of carbonyl (C=O) groups excluding carboxylic acids is 3. The van der Waals surface area contributed by atoms with Crippen molar-refractivity contribution in [2.24, 2.45) is 0 Å². The molecule has 166 valence electrons. The van der Waals surface area contributed by atoms with Crippen LogP contribution in [-0.4, -0.2) is 41.6 Å². The first-order chi connectivity index (χ1) is 15.3. The van der Waals surface area contributed by atoms with Gasteiger partial charge in [-0.05, 0) is 82.7 Å². The Labute approximate surface area is 203 Å². The van der Waals surface area contributed by atoms with Gasteiger partial charge in [0.2, 0.25) is 0 Å². The van der Waals surface area contributed by atoms with Gasteiger partial charge in [-0.25, -0.2) is 0 Å². The average Bonchev–Trinajstić information content (AvgIpc) is 3.01. The van der Waals surface area contributed by atoms with Crippen LogP contribution in [-0.2, 0) is 4.79 Å². The summed E-state index contributed by atoms with van der Waals surface area (Å²) in [7, 11) is 0. The van der Waals surface area contributed by atoms with Gasteiger partial charge in [0, 0.05) is 10.6 Å². The Bertz CT molecular complexity index is 1100. The summed E-state index contributed by atoms with van der Waals surface area (Å²) in [6.45, 7) is 5.87. The molecule has 1 heterocycles. The normalized spacial score (nSPS) is 14.7. The van der Waals surface area contributed by atoms with Crippen molar-refractivity contribution in [3.05, 3.63) is 74.6 Å². The van der Waals surface area contributed by atoms with Crippen LogP contribution in [0, 0.1) is 0 Å². The molecule has 0 saturated carbocycles. The minimum absolute atomic E-state index is 0.216. The Hall–Kier alpha value is -2.55. The molecule has 0 spiro atoms. The quantitative estimate of drug-likeness (QED) is 0.223. The number of amides is 2. The molecule has 1 saturated heterocycles. The highest BCUT2D eigenvalue weighted by atomic mass is 79.9. The summed E-state index contributed by atoms with van der Waals surface area (Å²) >= 11 is 10.1. The molecule has 1 aliphatic heterocycles. The number of hydrogen-bond acceptors (Lipinski definition) is 6. The number of benzene rings is 2. The Kier molecular flexibility index (Phi) is 8.17. The second kappa shape index (κ2) is 10.8. The van der Waals surface area contributed by atoms with Gasteiger partial charge in [0.25, 0.3) is 11.1 Å². The number of carbonyl (C=O) groups is 3. The molecular formula is C23H19BrClNO5S. The Balaban J connectivity index is 1.82. The van der Waals surface area contributed by atoms with E-state index in [1.165, 1.54) is 0 Å². The molecule has 0 bridgehead atoms. The first kappa shape index (κ1) is 24.1. The highest BCUT2D eigenvalue weighted by Gasteiger charge is 2.36. The topological polar surface area (TPSA) is 72.9 Å². The lowest BCUT2D eigenvalue weighted by Crippen LogP contribution is -2.33. The molecule has 2 aromatic carbocycles. The monoisotopic (exact) mass is 535 g/mol. The zero-order valence-corrected chi connectivity index (χ0v) is 20.3. The van der Waals surface area contributed by atoms with Crippen molar-refractivity contribution >= 4 is 62.3 Å². The van der Waals surface area contributed by atoms with Gasteiger partial charge >= 0.3 is 0 Å². The van der Waals surface area contributed by atoms with Crippen molar-refractivity contribution in [1.82, 2.24) is 4.90 Å². The van der Waals surface area contributed by atoms with Crippen LogP contribution in [0.1, 0.15) is 22.8 Å². The highest BCUT2D eigenvalue weighted by Crippen LogP contribution is 2.39. The number of ether oxygens (including phenoxy) is 2. The zero-order valence-electron chi connectivity index (χ0n) is 17.1. The van der Waals surface area contributed by atoms with Gasteiger partial charge in [-0.2, -0.15) is 0 Å². The molecule has 2 aromatic rings. The maximum absolute atomic E-state index is 12.8. The number of imide groups is 1. The van der Waals surface area contributed by atoms with Gasteiger partial charge < -0.3 is 9.47 Å². The van der Waals surface area contributed by atoms with Crippen molar-refractivity contribution in [3.63, 3.8) is 0 Å². The first-order valence-electron chi connectivity index (χ1n) is 9.58. The maximum Gasteiger partial charge on any atom is 0.293 e. The van der Waals surface area contributed by atoms with Gasteiger partial charge in [0.15, 0.2) is 17.3 Å². The summed E-state index contributed by atoms with van der Waals surface area (Å²) in [6.07, 6.45) is 3.21. The molecular weight excluding hydrogens is 518 g/mol. The van der Waals surface area contributed by atoms with E-state index in [2.05, 4.69) is 22.5 Å². The van der Waals surface area contributed by atoms with Gasteiger partial charge in [0.05, 0.1) is 22.5 Å². The summed E-state index contributed by atoms with van der Waals surface area (Å²) in [4.78, 5) is 38.9. The van der Waals surface area contributed by atoms with Gasteiger partial charge in [0.1, 0.15) is 6.61 Å². The Morgan fingerprint density at radius 2 is 1.94 bits per heavy atom. The fourth-order valence-electron chi connectivity index (χ4n) is 2.87. The minimum atomic E-state index is -0.525. The third-order valence-corrected chi connectivity index (χ3v) is 6.06. The second-order valence-corrected chi connectivity index (χ2v) is 8.84. The lowest BCUT2D eigenvalue weighted by atomic mass is 10.1. The van der Waals surface area contributed by atoms with Crippen LogP contribution >= 0.6 is 39.3 Å². The van der Waals surface area contributed by atoms with Crippen LogP contribution in [0.25, 0.3) is 6.08 Å². The van der Waals surface area contributed by atoms with E-state index < -0.39 is 11.1 Å². The van der Waals surface area contributed by atoms with Crippen LogP contribution in [0.4, 0.5) is 4.79 Å². The molecule has 1 fully saturated rings. The molecule has 2 amide bonds. The number of Topliss-reactive ketones (excluding diaryl/α,β-unsaturated/α-hetero) is 1. The minimum Gasteiger partial charge on any atom is -0.490 e. The van der Waals surface area contributed by atoms with Crippen LogP contribution in [0.15, 0.2) is 58.4 Å². The summed E-state index contributed by atoms with van der Waals surface area (Å²) in [5.41, 5.74) is 1.01. The van der Waals surface area contributed by atoms with Crippen LogP contribution in [0.5, 0.6) is 11.5 Å². The lowest BCUT2D eigenvalue weighted by molar-refractivity contribution is -0.122. The summed E-state index contributed by atoms with van der Waals surface area (Å²) in [6, 6.07) is 9.76. The molecule has 32 heavy (non-hydrogen) atoms. The predicted molar refractivity (Wildman–Crippen MR) is 129 cm³/mol. The molecule has 0 radical (unpaired) electrons. The summed E-state index contributed by atoms with van der Waals surface area (Å²) < 4.78 is 11.9. The third-order valence-electron chi connectivity index (χ3n) is 4.32. The second-order valence-electron chi connectivity index (χ2n) is 6.56. The van der Waals surface area contributed by atoms with Crippen molar-refractivity contribution in [1.29, 1.82) is 0 Å². The number of nitrogens with zero attached hydrogens (tertiary/aromatic N) is 1. The summed E-state index contributed by atoms with van der Waals surface area (Å²) in [5, 5.41) is -0.00672. The van der Waals surface area contributed by atoms with E-state index >= 15 is 0 Å². The Morgan fingerprint density at radius 3 is 2.59 bits per heavy atom. The molecule has 1 aliphatic rings. The third kappa shape index (κ3) is 5.62. The van der Waals surface area contributed by atoms with Crippen molar-refractivity contribution in [2.75, 3.05) is 19.8 Å². The van der Waals surface area contributed by atoms with Crippen LogP contribution in [0.3, 0.4) is 0 Å². The number of halogens is 2. The standard InChI is InChI=1S/C23H19BrClNO5S/c1-3-9-31-21-17(24)10-14(11-19(21)30-4-2)12-20-22(28)26(23(29)32-20)13-18(27)15-5-7-16(25)8-6-15/h3,5-8,10-12H,1,4,9,13H2,2H3/b20-12+. The van der Waals surface area contributed by atoms with E-state index in [1.54, 1.807) is 48.6 Å². The van der Waals surface area contributed by atoms with E-state index in [4.69, 9.17) is 21.1 Å². The first-order valence-corrected chi connectivity index (χ1v) is 11.6. The van der Waals surface area contributed by atoms with Crippen LogP contribution in [0.2, 0.25) is 5.02 Å². The van der Waals surface area contributed by atoms with Gasteiger partial charge in [-0.1, -0.05) is 24.3 Å². The van der Waals surface area contributed by atoms with E-state index in [-0.39, 0.29) is 17.2 Å². The van der Waals surface area contributed by atoms with E-state index in [0.717, 1.165) is 16.7 Å². The fourth-order valence-corrected chi connectivity index (χ4v) is 4.41. The largest absolute Gasteiger partial charge is 0.490 e. The molecule has 0 aliphatic carbocycles. The van der Waals surface area contributed by atoms with E-state index in [9.17, 15) is 14.4 Å².